The van der Waals surface area contributed by atoms with Gasteiger partial charge in [-0.25, -0.2) is 4.79 Å². The average molecular weight is 423 g/mol. The van der Waals surface area contributed by atoms with Crippen molar-refractivity contribution in [2.24, 2.45) is 0 Å². The summed E-state index contributed by atoms with van der Waals surface area (Å²) in [5.74, 6) is -0.575. The first-order chi connectivity index (χ1) is 14.4. The van der Waals surface area contributed by atoms with Crippen molar-refractivity contribution < 1.29 is 22.7 Å². The predicted molar refractivity (Wildman–Crippen MR) is 111 cm³/mol. The first kappa shape index (κ1) is 19.5. The molecule has 4 rings (SSSR count). The van der Waals surface area contributed by atoms with Crippen LogP contribution in [0.25, 0.3) is 10.8 Å². The van der Waals surface area contributed by atoms with Crippen LogP contribution in [0.1, 0.15) is 10.4 Å². The van der Waals surface area contributed by atoms with Gasteiger partial charge in [0.05, 0.1) is 17.6 Å². The Labute approximate surface area is 172 Å². The first-order valence-corrected chi connectivity index (χ1v) is 10.3. The molecule has 0 saturated heterocycles. The van der Waals surface area contributed by atoms with E-state index in [1.807, 2.05) is 24.3 Å². The van der Waals surface area contributed by atoms with Crippen LogP contribution in [-0.4, -0.2) is 30.7 Å². The van der Waals surface area contributed by atoms with Gasteiger partial charge in [-0.05, 0) is 47.2 Å². The van der Waals surface area contributed by atoms with Gasteiger partial charge < -0.3 is 15.2 Å². The zero-order valence-corrected chi connectivity index (χ0v) is 16.7. The third-order valence-electron chi connectivity index (χ3n) is 4.45. The maximum absolute atomic E-state index is 12.8. The maximum atomic E-state index is 12.8. The van der Waals surface area contributed by atoms with Crippen molar-refractivity contribution in [3.05, 3.63) is 78.4 Å². The fraction of sp³-hybridized carbons (Fsp3) is 0.0476. The van der Waals surface area contributed by atoms with Gasteiger partial charge in [-0.1, -0.05) is 30.3 Å². The summed E-state index contributed by atoms with van der Waals surface area (Å²) in [5, 5.41) is 5.71. The molecule has 0 aliphatic rings. The quantitative estimate of drug-likeness (QED) is 0.491. The van der Waals surface area contributed by atoms with Crippen molar-refractivity contribution in [2.45, 2.75) is 4.90 Å². The second kappa shape index (κ2) is 7.53. The predicted octanol–water partition coefficient (Wildman–Crippen LogP) is 3.08. The Morgan fingerprint density at radius 2 is 1.67 bits per heavy atom. The third kappa shape index (κ3) is 3.58. The van der Waals surface area contributed by atoms with E-state index in [0.717, 1.165) is 10.8 Å². The zero-order chi connectivity index (χ0) is 21.3. The van der Waals surface area contributed by atoms with Crippen LogP contribution in [0.2, 0.25) is 0 Å². The Balaban J connectivity index is 1.60. The Kier molecular flexibility index (Phi) is 4.88. The van der Waals surface area contributed by atoms with Crippen LogP contribution in [0, 0.1) is 0 Å². The van der Waals surface area contributed by atoms with Gasteiger partial charge in [0, 0.05) is 6.07 Å². The van der Waals surface area contributed by atoms with Crippen LogP contribution in [0.15, 0.2) is 77.7 Å². The van der Waals surface area contributed by atoms with Crippen molar-refractivity contribution >= 4 is 32.6 Å². The average Bonchev–Trinajstić information content (AvgIpc) is 3.14. The molecule has 9 heteroatoms. The molecule has 3 aromatic carbocycles. The number of nitrogens with two attached hydrogens (primary N) is 1. The van der Waals surface area contributed by atoms with E-state index in [9.17, 15) is 13.2 Å². The van der Waals surface area contributed by atoms with E-state index in [-0.39, 0.29) is 16.6 Å². The summed E-state index contributed by atoms with van der Waals surface area (Å²) in [6.45, 7) is 0. The minimum absolute atomic E-state index is 0.0366. The molecule has 0 aliphatic heterocycles. The number of anilines is 1. The van der Waals surface area contributed by atoms with E-state index in [2.05, 4.69) is 5.10 Å². The third-order valence-corrected chi connectivity index (χ3v) is 6.06. The van der Waals surface area contributed by atoms with Gasteiger partial charge in [0.1, 0.15) is 11.6 Å². The summed E-state index contributed by atoms with van der Waals surface area (Å²) >= 11 is 0. The van der Waals surface area contributed by atoms with E-state index < -0.39 is 16.0 Å². The molecule has 152 valence electrons. The van der Waals surface area contributed by atoms with Crippen LogP contribution in [-0.2, 0) is 10.0 Å². The minimum Gasteiger partial charge on any atom is -0.497 e. The number of benzene rings is 3. The minimum atomic E-state index is -4.07. The number of nitrogens with zero attached hydrogens (tertiary/aromatic N) is 2. The number of hydrogen-bond donors (Lipinski definition) is 1. The fourth-order valence-electron chi connectivity index (χ4n) is 2.92. The Morgan fingerprint density at radius 3 is 2.37 bits per heavy atom. The molecule has 30 heavy (non-hydrogen) atoms. The molecule has 2 N–H and O–H groups in total. The Bertz CT molecular complexity index is 1340. The normalized spacial score (nSPS) is 11.4. The molecule has 0 saturated carbocycles. The second-order valence-electron chi connectivity index (χ2n) is 6.38. The van der Waals surface area contributed by atoms with Crippen molar-refractivity contribution in [1.29, 1.82) is 0 Å². The largest absolute Gasteiger partial charge is 0.497 e. The lowest BCUT2D eigenvalue weighted by Gasteiger charge is -2.07. The molecule has 0 amide bonds. The summed E-state index contributed by atoms with van der Waals surface area (Å²) in [7, 11) is -2.59. The molecule has 8 nitrogen and oxygen atoms in total. The van der Waals surface area contributed by atoms with Crippen molar-refractivity contribution in [1.82, 2.24) is 9.19 Å². The fourth-order valence-corrected chi connectivity index (χ4v) is 4.12. The smallest absolute Gasteiger partial charge is 0.344 e. The Morgan fingerprint density at radius 1 is 0.967 bits per heavy atom. The number of esters is 1. The molecule has 4 aromatic rings. The van der Waals surface area contributed by atoms with Gasteiger partial charge in [0.15, 0.2) is 0 Å². The molecule has 0 fully saturated rings. The Hall–Kier alpha value is -3.85. The van der Waals surface area contributed by atoms with Crippen molar-refractivity contribution in [3.8, 4) is 11.6 Å². The highest BCUT2D eigenvalue weighted by atomic mass is 32.2. The number of rotatable bonds is 5. The number of nitrogen functional groups attached to an aromatic ring is 1. The standard InChI is InChI=1S/C21H17N3O5S/c1-28-17-8-10-18(11-9-17)30(26,27)24-19(22)13-20(23-24)29-21(25)16-7-6-14-4-2-3-5-15(14)12-16/h2-13H,22H2,1H3. The number of hydrogen-bond acceptors (Lipinski definition) is 7. The topological polar surface area (TPSA) is 114 Å². The zero-order valence-electron chi connectivity index (χ0n) is 15.8. The van der Waals surface area contributed by atoms with Crippen LogP contribution in [0.3, 0.4) is 0 Å². The van der Waals surface area contributed by atoms with Crippen LogP contribution in [0.5, 0.6) is 11.6 Å². The summed E-state index contributed by atoms with van der Waals surface area (Å²) in [5.41, 5.74) is 6.12. The van der Waals surface area contributed by atoms with Crippen LogP contribution in [0.4, 0.5) is 5.82 Å². The highest BCUT2D eigenvalue weighted by Gasteiger charge is 2.23. The van der Waals surface area contributed by atoms with E-state index in [1.165, 1.54) is 37.4 Å². The molecule has 0 radical (unpaired) electrons. The van der Waals surface area contributed by atoms with Crippen LogP contribution >= 0.6 is 0 Å². The SMILES string of the molecule is COc1ccc(S(=O)(=O)n2nc(OC(=O)c3ccc4ccccc4c3)cc2N)cc1. The van der Waals surface area contributed by atoms with Gasteiger partial charge >= 0.3 is 5.97 Å². The van der Waals surface area contributed by atoms with Gasteiger partial charge in [-0.15, -0.1) is 9.19 Å². The lowest BCUT2D eigenvalue weighted by atomic mass is 10.1. The number of fused-ring (bicyclic) bond motifs is 1. The molecule has 0 aliphatic carbocycles. The highest BCUT2D eigenvalue weighted by Crippen LogP contribution is 2.24. The van der Waals surface area contributed by atoms with Gasteiger partial charge in [-0.2, -0.15) is 8.42 Å². The molecule has 0 atom stereocenters. The number of methoxy groups -OCH3 is 1. The first-order valence-electron chi connectivity index (χ1n) is 8.84. The lowest BCUT2D eigenvalue weighted by Crippen LogP contribution is -2.17. The summed E-state index contributed by atoms with van der Waals surface area (Å²) in [6, 6.07) is 19.6. The molecule has 0 bridgehead atoms. The van der Waals surface area contributed by atoms with Crippen molar-refractivity contribution in [2.75, 3.05) is 12.8 Å². The molecular weight excluding hydrogens is 406 g/mol. The monoisotopic (exact) mass is 423 g/mol. The molecule has 1 heterocycles. The summed E-state index contributed by atoms with van der Waals surface area (Å²) in [4.78, 5) is 12.5. The highest BCUT2D eigenvalue weighted by molar-refractivity contribution is 7.90. The van der Waals surface area contributed by atoms with Crippen LogP contribution < -0.4 is 15.2 Å². The van der Waals surface area contributed by atoms with E-state index in [4.69, 9.17) is 15.2 Å². The van der Waals surface area contributed by atoms with E-state index in [0.29, 0.717) is 15.4 Å². The van der Waals surface area contributed by atoms with E-state index >= 15 is 0 Å². The second-order valence-corrected chi connectivity index (χ2v) is 8.15. The number of carbonyl (C=O) groups is 1. The molecule has 0 unspecified atom stereocenters. The lowest BCUT2D eigenvalue weighted by molar-refractivity contribution is 0.0727. The summed E-state index contributed by atoms with van der Waals surface area (Å²) in [6.07, 6.45) is 0. The molecule has 0 spiro atoms. The number of carbonyl (C=O) groups excluding carboxylic acids is 1. The summed E-state index contributed by atoms with van der Waals surface area (Å²) < 4.78 is 36.5. The maximum Gasteiger partial charge on any atom is 0.344 e. The number of ether oxygens (including phenoxy) is 2. The van der Waals surface area contributed by atoms with Gasteiger partial charge in [-0.3, -0.25) is 0 Å². The van der Waals surface area contributed by atoms with Gasteiger partial charge in [0.25, 0.3) is 10.0 Å². The molecular formula is C21H17N3O5S. The van der Waals surface area contributed by atoms with Crippen molar-refractivity contribution in [3.63, 3.8) is 0 Å². The number of aromatic nitrogens is 2. The molecule has 1 aromatic heterocycles. The van der Waals surface area contributed by atoms with E-state index in [1.54, 1.807) is 18.2 Å². The van der Waals surface area contributed by atoms with Gasteiger partial charge in [0.2, 0.25) is 5.88 Å².